The first-order chi connectivity index (χ1) is 7.88. The number of nitrogens with one attached hydrogen (secondary N) is 1. The van der Waals surface area contributed by atoms with E-state index >= 15 is 0 Å². The van der Waals surface area contributed by atoms with Crippen LogP contribution in [0.3, 0.4) is 0 Å². The zero-order chi connectivity index (χ0) is 12.8. The molecule has 17 heavy (non-hydrogen) atoms. The Bertz CT molecular complexity index is 433. The van der Waals surface area contributed by atoms with Crippen molar-refractivity contribution in [3.05, 3.63) is 26.7 Å². The Morgan fingerprint density at radius 3 is 2.35 bits per heavy atom. The second-order valence-corrected chi connectivity index (χ2v) is 6.07. The summed E-state index contributed by atoms with van der Waals surface area (Å²) in [7, 11) is 0. The Morgan fingerprint density at radius 1 is 1.18 bits per heavy atom. The van der Waals surface area contributed by atoms with Crippen molar-refractivity contribution in [2.45, 2.75) is 46.1 Å². The van der Waals surface area contributed by atoms with Gasteiger partial charge in [0.15, 0.2) is 0 Å². The highest BCUT2D eigenvalue weighted by molar-refractivity contribution is 9.10. The molecule has 0 spiro atoms. The molecule has 1 atom stereocenters. The fraction of sp³-hybridized carbons (Fsp3) is 0.571. The van der Waals surface area contributed by atoms with E-state index in [0.717, 1.165) is 28.6 Å². The summed E-state index contributed by atoms with van der Waals surface area (Å²) in [6, 6.07) is 0. The smallest absolute Gasteiger partial charge is 0.133 e. The molecule has 1 aromatic carbocycles. The molecule has 1 fully saturated rings. The first-order valence-corrected chi connectivity index (χ1v) is 6.91. The van der Waals surface area contributed by atoms with Gasteiger partial charge in [0.25, 0.3) is 0 Å². The molecular weight excluding hydrogens is 278 g/mol. The van der Waals surface area contributed by atoms with Crippen LogP contribution in [-0.2, 0) is 5.54 Å². The number of benzene rings is 1. The first-order valence-electron chi connectivity index (χ1n) is 6.12. The Balaban J connectivity index is 2.69. The molecule has 2 N–H and O–H groups in total. The largest absolute Gasteiger partial charge is 0.506 e. The van der Waals surface area contributed by atoms with Crippen LogP contribution in [0.15, 0.2) is 4.47 Å². The maximum absolute atomic E-state index is 10.1. The molecular formula is C14H20BrNO. The van der Waals surface area contributed by atoms with E-state index in [0.29, 0.717) is 5.75 Å². The molecule has 1 aromatic rings. The van der Waals surface area contributed by atoms with Crippen LogP contribution in [0, 0.1) is 20.8 Å². The Labute approximate surface area is 112 Å². The number of halogens is 1. The van der Waals surface area contributed by atoms with Crippen LogP contribution in [-0.4, -0.2) is 11.7 Å². The van der Waals surface area contributed by atoms with Gasteiger partial charge in [-0.25, -0.2) is 0 Å². The van der Waals surface area contributed by atoms with Crippen molar-refractivity contribution in [1.82, 2.24) is 5.32 Å². The normalized spacial score (nSPS) is 24.3. The number of hydrogen-bond donors (Lipinski definition) is 2. The van der Waals surface area contributed by atoms with E-state index in [4.69, 9.17) is 0 Å². The molecule has 0 aliphatic carbocycles. The summed E-state index contributed by atoms with van der Waals surface area (Å²) < 4.78 is 0.838. The van der Waals surface area contributed by atoms with Gasteiger partial charge >= 0.3 is 0 Å². The number of phenols is 1. The van der Waals surface area contributed by atoms with E-state index in [9.17, 15) is 5.11 Å². The van der Waals surface area contributed by atoms with Crippen LogP contribution >= 0.6 is 15.9 Å². The van der Waals surface area contributed by atoms with Gasteiger partial charge in [-0.05, 0) is 85.3 Å². The van der Waals surface area contributed by atoms with Crippen molar-refractivity contribution < 1.29 is 5.11 Å². The predicted octanol–water partition coefficient (Wildman–Crippen LogP) is 3.68. The summed E-state index contributed by atoms with van der Waals surface area (Å²) >= 11 is 3.51. The minimum atomic E-state index is 0.0507. The van der Waals surface area contributed by atoms with Gasteiger partial charge in [0.1, 0.15) is 5.75 Å². The monoisotopic (exact) mass is 297 g/mol. The van der Waals surface area contributed by atoms with Crippen LogP contribution < -0.4 is 5.32 Å². The van der Waals surface area contributed by atoms with E-state index in [1.165, 1.54) is 17.5 Å². The third-order valence-electron chi connectivity index (χ3n) is 4.13. The molecule has 0 radical (unpaired) electrons. The number of rotatable bonds is 1. The third-order valence-corrected chi connectivity index (χ3v) is 5.10. The molecule has 0 bridgehead atoms. The van der Waals surface area contributed by atoms with Crippen LogP contribution in [0.4, 0.5) is 0 Å². The molecule has 94 valence electrons. The molecule has 1 aliphatic rings. The number of aromatic hydroxyl groups is 1. The fourth-order valence-corrected chi connectivity index (χ4v) is 3.53. The van der Waals surface area contributed by atoms with Gasteiger partial charge in [-0.1, -0.05) is 0 Å². The molecule has 2 rings (SSSR count). The van der Waals surface area contributed by atoms with Gasteiger partial charge in [0.2, 0.25) is 0 Å². The van der Waals surface area contributed by atoms with Crippen LogP contribution in [0.2, 0.25) is 0 Å². The van der Waals surface area contributed by atoms with E-state index in [1.807, 2.05) is 6.92 Å². The SMILES string of the molecule is Cc1c(C)c(C2(C)CCCN2)c(C)c(Br)c1O. The molecule has 1 heterocycles. The Morgan fingerprint density at radius 2 is 1.82 bits per heavy atom. The van der Waals surface area contributed by atoms with Gasteiger partial charge in [-0.3, -0.25) is 0 Å². The van der Waals surface area contributed by atoms with E-state index in [-0.39, 0.29) is 5.54 Å². The Kier molecular flexibility index (Phi) is 3.25. The van der Waals surface area contributed by atoms with Crippen molar-refractivity contribution in [1.29, 1.82) is 0 Å². The average molecular weight is 298 g/mol. The van der Waals surface area contributed by atoms with E-state index in [2.05, 4.69) is 42.0 Å². The summed E-state index contributed by atoms with van der Waals surface area (Å²) in [5.41, 5.74) is 4.74. The maximum atomic E-state index is 10.1. The molecule has 3 heteroatoms. The average Bonchev–Trinajstić information content (AvgIpc) is 2.71. The zero-order valence-corrected chi connectivity index (χ0v) is 12.5. The minimum Gasteiger partial charge on any atom is -0.506 e. The van der Waals surface area contributed by atoms with Gasteiger partial charge in [0, 0.05) is 5.54 Å². The maximum Gasteiger partial charge on any atom is 0.133 e. The summed E-state index contributed by atoms with van der Waals surface area (Å²) in [5.74, 6) is 0.380. The second kappa shape index (κ2) is 4.29. The zero-order valence-electron chi connectivity index (χ0n) is 10.9. The van der Waals surface area contributed by atoms with Crippen molar-refractivity contribution in [3.63, 3.8) is 0 Å². The fourth-order valence-electron chi connectivity index (χ4n) is 3.03. The summed E-state index contributed by atoms with van der Waals surface area (Å²) in [6.07, 6.45) is 2.37. The minimum absolute atomic E-state index is 0.0507. The van der Waals surface area contributed by atoms with E-state index in [1.54, 1.807) is 0 Å². The Hall–Kier alpha value is -0.540. The van der Waals surface area contributed by atoms with Gasteiger partial charge in [-0.15, -0.1) is 0 Å². The van der Waals surface area contributed by atoms with Gasteiger partial charge < -0.3 is 10.4 Å². The van der Waals surface area contributed by atoms with Crippen molar-refractivity contribution in [2.24, 2.45) is 0 Å². The lowest BCUT2D eigenvalue weighted by atomic mass is 9.82. The quantitative estimate of drug-likeness (QED) is 0.829. The molecule has 2 nitrogen and oxygen atoms in total. The lowest BCUT2D eigenvalue weighted by Gasteiger charge is -2.31. The van der Waals surface area contributed by atoms with Crippen molar-refractivity contribution in [2.75, 3.05) is 6.54 Å². The lowest BCUT2D eigenvalue weighted by Crippen LogP contribution is -2.35. The van der Waals surface area contributed by atoms with Gasteiger partial charge in [-0.2, -0.15) is 0 Å². The summed E-state index contributed by atoms with van der Waals surface area (Å²) in [5, 5.41) is 13.7. The summed E-state index contributed by atoms with van der Waals surface area (Å²) in [6.45, 7) is 9.51. The molecule has 1 aliphatic heterocycles. The van der Waals surface area contributed by atoms with Crippen LogP contribution in [0.25, 0.3) is 0 Å². The standard InChI is InChI=1S/C14H20BrNO/c1-8-9(2)13(17)12(15)10(3)11(8)14(4)6-5-7-16-14/h16-17H,5-7H2,1-4H3. The second-order valence-electron chi connectivity index (χ2n) is 5.28. The molecule has 0 amide bonds. The highest BCUT2D eigenvalue weighted by Crippen LogP contribution is 2.42. The third kappa shape index (κ3) is 1.89. The molecule has 1 unspecified atom stereocenters. The molecule has 0 saturated carbocycles. The lowest BCUT2D eigenvalue weighted by molar-refractivity contribution is 0.424. The van der Waals surface area contributed by atoms with Crippen LogP contribution in [0.5, 0.6) is 5.75 Å². The molecule has 0 aromatic heterocycles. The first kappa shape index (κ1) is 12.9. The number of hydrogen-bond acceptors (Lipinski definition) is 2. The predicted molar refractivity (Wildman–Crippen MR) is 74.6 cm³/mol. The van der Waals surface area contributed by atoms with E-state index < -0.39 is 0 Å². The topological polar surface area (TPSA) is 32.3 Å². The van der Waals surface area contributed by atoms with Crippen molar-refractivity contribution >= 4 is 15.9 Å². The summed E-state index contributed by atoms with van der Waals surface area (Å²) in [4.78, 5) is 0. The van der Waals surface area contributed by atoms with Crippen LogP contribution in [0.1, 0.15) is 42.0 Å². The highest BCUT2D eigenvalue weighted by Gasteiger charge is 2.34. The highest BCUT2D eigenvalue weighted by atomic mass is 79.9. The van der Waals surface area contributed by atoms with Crippen molar-refractivity contribution in [3.8, 4) is 5.75 Å². The van der Waals surface area contributed by atoms with Gasteiger partial charge in [0.05, 0.1) is 4.47 Å². The molecule has 1 saturated heterocycles. The number of phenolic OH excluding ortho intramolecular Hbond substituents is 1.